The van der Waals surface area contributed by atoms with E-state index in [2.05, 4.69) is 5.32 Å². The summed E-state index contributed by atoms with van der Waals surface area (Å²) in [6.07, 6.45) is 0.738. The molecule has 5 heteroatoms. The maximum Gasteiger partial charge on any atom is 0.336 e. The van der Waals surface area contributed by atoms with Gasteiger partial charge < -0.3 is 14.2 Å². The lowest BCUT2D eigenvalue weighted by molar-refractivity contribution is 0.0995. The molecule has 0 atom stereocenters. The standard InChI is InChI=1S/C16H13NO4/c1-2-12-5-7-14(20-12)16(19)17-11-4-6-13-10(9-11)3-8-15(18)21-13/h3-9H,2H2,1H3,(H,17,19). The minimum atomic E-state index is -0.401. The van der Waals surface area contributed by atoms with Crippen molar-refractivity contribution >= 4 is 22.6 Å². The van der Waals surface area contributed by atoms with E-state index in [1.54, 1.807) is 36.4 Å². The maximum atomic E-state index is 12.1. The minimum Gasteiger partial charge on any atom is -0.456 e. The van der Waals surface area contributed by atoms with Crippen LogP contribution in [0, 0.1) is 0 Å². The van der Waals surface area contributed by atoms with Crippen LogP contribution in [0.3, 0.4) is 0 Å². The van der Waals surface area contributed by atoms with E-state index in [0.717, 1.165) is 17.6 Å². The van der Waals surface area contributed by atoms with Crippen LogP contribution in [-0.2, 0) is 6.42 Å². The normalized spacial score (nSPS) is 10.7. The third kappa shape index (κ3) is 2.72. The number of anilines is 1. The van der Waals surface area contributed by atoms with Crippen LogP contribution in [0.1, 0.15) is 23.2 Å². The first-order chi connectivity index (χ1) is 10.2. The summed E-state index contributed by atoms with van der Waals surface area (Å²) in [5.41, 5.74) is 0.685. The Labute approximate surface area is 120 Å². The predicted molar refractivity (Wildman–Crippen MR) is 78.5 cm³/mol. The molecule has 3 aromatic rings. The molecule has 21 heavy (non-hydrogen) atoms. The number of rotatable bonds is 3. The zero-order chi connectivity index (χ0) is 14.8. The summed E-state index contributed by atoms with van der Waals surface area (Å²) in [7, 11) is 0. The van der Waals surface area contributed by atoms with Crippen LogP contribution >= 0.6 is 0 Å². The summed E-state index contributed by atoms with van der Waals surface area (Å²) >= 11 is 0. The van der Waals surface area contributed by atoms with Crippen molar-refractivity contribution in [1.29, 1.82) is 0 Å². The fourth-order valence-electron chi connectivity index (χ4n) is 2.03. The number of carbonyl (C=O) groups is 1. The summed E-state index contributed by atoms with van der Waals surface area (Å²) in [5, 5.41) is 3.49. The van der Waals surface area contributed by atoms with E-state index < -0.39 is 5.63 Å². The quantitative estimate of drug-likeness (QED) is 0.749. The van der Waals surface area contributed by atoms with Crippen LogP contribution in [-0.4, -0.2) is 5.91 Å². The Bertz CT molecular complexity index is 860. The van der Waals surface area contributed by atoms with Crippen molar-refractivity contribution in [3.63, 3.8) is 0 Å². The molecule has 106 valence electrons. The second kappa shape index (κ2) is 5.28. The molecule has 1 amide bonds. The third-order valence-corrected chi connectivity index (χ3v) is 3.11. The molecule has 0 aliphatic carbocycles. The van der Waals surface area contributed by atoms with Gasteiger partial charge in [-0.2, -0.15) is 0 Å². The molecule has 0 aliphatic rings. The van der Waals surface area contributed by atoms with Crippen LogP contribution in [0.25, 0.3) is 11.0 Å². The lowest BCUT2D eigenvalue weighted by atomic mass is 10.2. The van der Waals surface area contributed by atoms with Gasteiger partial charge in [0, 0.05) is 23.6 Å². The SMILES string of the molecule is CCc1ccc(C(=O)Nc2ccc3oc(=O)ccc3c2)o1. The number of aryl methyl sites for hydroxylation is 1. The Morgan fingerprint density at radius 1 is 1.10 bits per heavy atom. The highest BCUT2D eigenvalue weighted by molar-refractivity contribution is 6.03. The number of hydrogen-bond acceptors (Lipinski definition) is 4. The summed E-state index contributed by atoms with van der Waals surface area (Å²) in [6, 6.07) is 11.5. The van der Waals surface area contributed by atoms with E-state index in [4.69, 9.17) is 8.83 Å². The number of amides is 1. The Hall–Kier alpha value is -2.82. The summed E-state index contributed by atoms with van der Waals surface area (Å²) in [6.45, 7) is 1.96. The Kier molecular flexibility index (Phi) is 3.31. The van der Waals surface area contributed by atoms with Gasteiger partial charge in [0.05, 0.1) is 0 Å². The highest BCUT2D eigenvalue weighted by atomic mass is 16.4. The maximum absolute atomic E-state index is 12.1. The first kappa shape index (κ1) is 13.2. The van der Waals surface area contributed by atoms with Gasteiger partial charge >= 0.3 is 5.63 Å². The zero-order valence-electron chi connectivity index (χ0n) is 11.4. The molecule has 0 unspecified atom stereocenters. The molecule has 0 aliphatic heterocycles. The lowest BCUT2D eigenvalue weighted by Gasteiger charge is -2.04. The topological polar surface area (TPSA) is 72.5 Å². The molecular weight excluding hydrogens is 270 g/mol. The highest BCUT2D eigenvalue weighted by Crippen LogP contribution is 2.19. The van der Waals surface area contributed by atoms with Crippen molar-refractivity contribution in [2.24, 2.45) is 0 Å². The van der Waals surface area contributed by atoms with Gasteiger partial charge in [0.2, 0.25) is 0 Å². The van der Waals surface area contributed by atoms with Gasteiger partial charge in [0.15, 0.2) is 5.76 Å². The van der Waals surface area contributed by atoms with Gasteiger partial charge in [-0.3, -0.25) is 4.79 Å². The molecule has 2 aromatic heterocycles. The van der Waals surface area contributed by atoms with E-state index >= 15 is 0 Å². The predicted octanol–water partition coefficient (Wildman–Crippen LogP) is 3.20. The van der Waals surface area contributed by atoms with E-state index in [0.29, 0.717) is 11.3 Å². The third-order valence-electron chi connectivity index (χ3n) is 3.11. The molecule has 5 nitrogen and oxygen atoms in total. The Balaban J connectivity index is 1.85. The first-order valence-corrected chi connectivity index (χ1v) is 6.59. The van der Waals surface area contributed by atoms with Crippen LogP contribution in [0.4, 0.5) is 5.69 Å². The zero-order valence-corrected chi connectivity index (χ0v) is 11.4. The molecule has 0 saturated carbocycles. The number of carbonyl (C=O) groups excluding carboxylic acids is 1. The van der Waals surface area contributed by atoms with E-state index in [9.17, 15) is 9.59 Å². The van der Waals surface area contributed by atoms with Gasteiger partial charge in [-0.05, 0) is 36.4 Å². The second-order valence-corrected chi connectivity index (χ2v) is 4.58. The lowest BCUT2D eigenvalue weighted by Crippen LogP contribution is -2.10. The number of furan rings is 1. The molecule has 0 spiro atoms. The van der Waals surface area contributed by atoms with Gasteiger partial charge in [-0.25, -0.2) is 4.79 Å². The van der Waals surface area contributed by atoms with Crippen molar-refractivity contribution < 1.29 is 13.6 Å². The van der Waals surface area contributed by atoms with Gasteiger partial charge in [0.25, 0.3) is 5.91 Å². The first-order valence-electron chi connectivity index (χ1n) is 6.59. The summed E-state index contributed by atoms with van der Waals surface area (Å²) in [5.74, 6) is 0.721. The van der Waals surface area contributed by atoms with Crippen molar-refractivity contribution in [3.8, 4) is 0 Å². The minimum absolute atomic E-state index is 0.270. The smallest absolute Gasteiger partial charge is 0.336 e. The molecule has 0 bridgehead atoms. The molecule has 0 saturated heterocycles. The molecule has 1 aromatic carbocycles. The molecule has 0 radical (unpaired) electrons. The average molecular weight is 283 g/mol. The van der Waals surface area contributed by atoms with Crippen molar-refractivity contribution in [2.75, 3.05) is 5.32 Å². The molecule has 3 rings (SSSR count). The summed E-state index contributed by atoms with van der Waals surface area (Å²) < 4.78 is 10.4. The Morgan fingerprint density at radius 3 is 2.71 bits per heavy atom. The largest absolute Gasteiger partial charge is 0.456 e. The van der Waals surface area contributed by atoms with Crippen molar-refractivity contribution in [3.05, 3.63) is 64.4 Å². The Morgan fingerprint density at radius 2 is 1.95 bits per heavy atom. The van der Waals surface area contributed by atoms with Crippen molar-refractivity contribution in [1.82, 2.24) is 0 Å². The molecular formula is C16H13NO4. The van der Waals surface area contributed by atoms with E-state index in [1.807, 2.05) is 6.92 Å². The number of hydrogen-bond donors (Lipinski definition) is 1. The van der Waals surface area contributed by atoms with E-state index in [1.165, 1.54) is 6.07 Å². The average Bonchev–Trinajstić information content (AvgIpc) is 2.96. The van der Waals surface area contributed by atoms with E-state index in [-0.39, 0.29) is 11.7 Å². The van der Waals surface area contributed by atoms with Crippen LogP contribution < -0.4 is 10.9 Å². The van der Waals surface area contributed by atoms with Crippen LogP contribution in [0.2, 0.25) is 0 Å². The molecule has 1 N–H and O–H groups in total. The van der Waals surface area contributed by atoms with Crippen molar-refractivity contribution in [2.45, 2.75) is 13.3 Å². The summed E-state index contributed by atoms with van der Waals surface area (Å²) in [4.78, 5) is 23.2. The highest BCUT2D eigenvalue weighted by Gasteiger charge is 2.11. The molecule has 0 fully saturated rings. The second-order valence-electron chi connectivity index (χ2n) is 4.58. The fraction of sp³-hybridized carbons (Fsp3) is 0.125. The number of nitrogens with one attached hydrogen (secondary N) is 1. The van der Waals surface area contributed by atoms with Gasteiger partial charge in [-0.15, -0.1) is 0 Å². The molecule has 2 heterocycles. The monoisotopic (exact) mass is 283 g/mol. The van der Waals surface area contributed by atoms with Gasteiger partial charge in [0.1, 0.15) is 11.3 Å². The number of benzene rings is 1. The van der Waals surface area contributed by atoms with Gasteiger partial charge in [-0.1, -0.05) is 6.92 Å². The number of fused-ring (bicyclic) bond motifs is 1. The van der Waals surface area contributed by atoms with Crippen LogP contribution in [0.15, 0.2) is 56.1 Å². The van der Waals surface area contributed by atoms with Crippen LogP contribution in [0.5, 0.6) is 0 Å². The fourth-order valence-corrected chi connectivity index (χ4v) is 2.03.